The second-order valence-electron chi connectivity index (χ2n) is 7.86. The minimum atomic E-state index is -3.29. The van der Waals surface area contributed by atoms with E-state index in [-0.39, 0.29) is 35.8 Å². The summed E-state index contributed by atoms with van der Waals surface area (Å²) in [7, 11) is -0.114. The number of benzene rings is 2. The summed E-state index contributed by atoms with van der Waals surface area (Å²) in [4.78, 5) is 6.78. The van der Waals surface area contributed by atoms with Crippen molar-refractivity contribution in [2.24, 2.45) is 4.99 Å². The van der Waals surface area contributed by atoms with Gasteiger partial charge in [-0.25, -0.2) is 13.1 Å². The maximum absolute atomic E-state index is 11.8. The van der Waals surface area contributed by atoms with Gasteiger partial charge in [0, 0.05) is 32.4 Å². The highest BCUT2D eigenvalue weighted by Crippen LogP contribution is 2.24. The van der Waals surface area contributed by atoms with Crippen molar-refractivity contribution in [2.45, 2.75) is 38.1 Å². The molecule has 0 aliphatic carbocycles. The molecule has 1 unspecified atom stereocenters. The maximum atomic E-state index is 11.8. The molecular formula is C23H34IN5O2S. The molecule has 1 heterocycles. The van der Waals surface area contributed by atoms with Gasteiger partial charge in [0.05, 0.1) is 11.8 Å². The fraction of sp³-hybridized carbons (Fsp3) is 0.435. The van der Waals surface area contributed by atoms with Crippen molar-refractivity contribution in [2.75, 3.05) is 32.1 Å². The molecule has 176 valence electrons. The van der Waals surface area contributed by atoms with Crippen molar-refractivity contribution >= 4 is 45.6 Å². The van der Waals surface area contributed by atoms with Crippen molar-refractivity contribution in [3.63, 3.8) is 0 Å². The molecule has 1 aliphatic rings. The van der Waals surface area contributed by atoms with Gasteiger partial charge in [-0.2, -0.15) is 0 Å². The number of anilines is 1. The summed E-state index contributed by atoms with van der Waals surface area (Å²) in [6.45, 7) is 4.93. The summed E-state index contributed by atoms with van der Waals surface area (Å²) in [6.07, 6.45) is 2.52. The Balaban J connectivity index is 0.00000363. The molecule has 1 atom stereocenters. The summed E-state index contributed by atoms with van der Waals surface area (Å²) >= 11 is 0. The number of halogens is 1. The molecule has 0 spiro atoms. The summed E-state index contributed by atoms with van der Waals surface area (Å²) in [5.41, 5.74) is 4.24. The second-order valence-corrected chi connectivity index (χ2v) is 9.79. The van der Waals surface area contributed by atoms with Crippen LogP contribution in [0.25, 0.3) is 0 Å². The molecule has 0 aromatic heterocycles. The Morgan fingerprint density at radius 3 is 2.47 bits per heavy atom. The predicted octanol–water partition coefficient (Wildman–Crippen LogP) is 3.38. The van der Waals surface area contributed by atoms with Gasteiger partial charge in [-0.3, -0.25) is 4.99 Å². The van der Waals surface area contributed by atoms with Gasteiger partial charge in [0.2, 0.25) is 10.0 Å². The maximum Gasteiger partial charge on any atom is 0.215 e. The topological polar surface area (TPSA) is 85.8 Å². The largest absolute Gasteiger partial charge is 0.372 e. The molecule has 2 aromatic rings. The van der Waals surface area contributed by atoms with E-state index in [0.717, 1.165) is 24.2 Å². The first kappa shape index (κ1) is 26.4. The van der Waals surface area contributed by atoms with E-state index >= 15 is 0 Å². The molecule has 0 radical (unpaired) electrons. The number of aliphatic imine (C=N–C) groups is 1. The summed E-state index contributed by atoms with van der Waals surface area (Å²) in [5.74, 6) is 0.668. The molecular weight excluding hydrogens is 537 g/mol. The Bertz CT molecular complexity index is 1010. The number of hydrogen-bond acceptors (Lipinski definition) is 4. The van der Waals surface area contributed by atoms with Crippen LogP contribution < -0.4 is 20.3 Å². The zero-order valence-electron chi connectivity index (χ0n) is 19.0. The van der Waals surface area contributed by atoms with Gasteiger partial charge in [-0.1, -0.05) is 36.4 Å². The molecule has 9 heteroatoms. The molecule has 0 saturated carbocycles. The fourth-order valence-corrected chi connectivity index (χ4v) is 4.52. The average Bonchev–Trinajstić information content (AvgIpc) is 3.31. The van der Waals surface area contributed by atoms with Crippen LogP contribution >= 0.6 is 24.0 Å². The number of sulfonamides is 1. The molecule has 1 fully saturated rings. The van der Waals surface area contributed by atoms with Crippen LogP contribution in [0.5, 0.6) is 0 Å². The molecule has 3 N–H and O–H groups in total. The third-order valence-electron chi connectivity index (χ3n) is 5.54. The SMILES string of the molecule is CN=C(NCc1cccc(CS(=O)(=O)NC)c1)NC(C)c1cccc(N2CCCC2)c1.I. The zero-order valence-corrected chi connectivity index (χ0v) is 22.1. The smallest absolute Gasteiger partial charge is 0.215 e. The van der Waals surface area contributed by atoms with Gasteiger partial charge in [-0.15, -0.1) is 24.0 Å². The van der Waals surface area contributed by atoms with E-state index in [1.807, 2.05) is 24.3 Å². The van der Waals surface area contributed by atoms with Crippen LogP contribution in [0.3, 0.4) is 0 Å². The van der Waals surface area contributed by atoms with Crippen LogP contribution in [0.1, 0.15) is 42.5 Å². The highest BCUT2D eigenvalue weighted by molar-refractivity contribution is 14.0. The van der Waals surface area contributed by atoms with Gasteiger partial charge < -0.3 is 15.5 Å². The molecule has 0 amide bonds. The first-order valence-electron chi connectivity index (χ1n) is 10.7. The standard InChI is InChI=1S/C23H33N5O2S.HI/c1-18(21-10-7-11-22(15-21)28-12-4-5-13-28)27-23(24-2)26-16-19-8-6-9-20(14-19)17-31(29,30)25-3;/h6-11,14-15,18,25H,4-5,12-13,16-17H2,1-3H3,(H2,24,26,27);1H. The van der Waals surface area contributed by atoms with Crippen molar-refractivity contribution < 1.29 is 8.42 Å². The van der Waals surface area contributed by atoms with E-state index < -0.39 is 10.0 Å². The summed E-state index contributed by atoms with van der Waals surface area (Å²) < 4.78 is 25.9. The van der Waals surface area contributed by atoms with Crippen molar-refractivity contribution in [3.05, 3.63) is 65.2 Å². The first-order chi connectivity index (χ1) is 14.9. The number of nitrogens with zero attached hydrogens (tertiary/aromatic N) is 2. The monoisotopic (exact) mass is 571 g/mol. The molecule has 2 aromatic carbocycles. The van der Waals surface area contributed by atoms with Crippen molar-refractivity contribution in [1.82, 2.24) is 15.4 Å². The molecule has 0 bridgehead atoms. The highest BCUT2D eigenvalue weighted by Gasteiger charge is 2.15. The Hall–Kier alpha value is -1.85. The van der Waals surface area contributed by atoms with E-state index in [0.29, 0.717) is 12.5 Å². The van der Waals surface area contributed by atoms with Gasteiger partial charge >= 0.3 is 0 Å². The third-order valence-corrected chi connectivity index (χ3v) is 6.87. The lowest BCUT2D eigenvalue weighted by atomic mass is 10.1. The van der Waals surface area contributed by atoms with E-state index in [1.165, 1.54) is 31.1 Å². The molecule has 1 aliphatic heterocycles. The summed E-state index contributed by atoms with van der Waals surface area (Å²) in [6, 6.07) is 16.3. The normalized spacial score (nSPS) is 15.2. The Labute approximate surface area is 209 Å². The van der Waals surface area contributed by atoms with Gasteiger partial charge in [-0.05, 0) is 55.6 Å². The van der Waals surface area contributed by atoms with E-state index in [2.05, 4.69) is 56.4 Å². The van der Waals surface area contributed by atoms with Crippen LogP contribution in [-0.2, 0) is 22.3 Å². The van der Waals surface area contributed by atoms with E-state index in [9.17, 15) is 8.42 Å². The molecule has 32 heavy (non-hydrogen) atoms. The van der Waals surface area contributed by atoms with Gasteiger partial charge in [0.15, 0.2) is 5.96 Å². The summed E-state index contributed by atoms with van der Waals surface area (Å²) in [5, 5.41) is 6.77. The first-order valence-corrected chi connectivity index (χ1v) is 12.4. The second kappa shape index (κ2) is 12.4. The average molecular weight is 572 g/mol. The van der Waals surface area contributed by atoms with Crippen LogP contribution in [0, 0.1) is 0 Å². The highest BCUT2D eigenvalue weighted by atomic mass is 127. The lowest BCUT2D eigenvalue weighted by Gasteiger charge is -2.22. The zero-order chi connectivity index (χ0) is 22.3. The van der Waals surface area contributed by atoms with Gasteiger partial charge in [0.25, 0.3) is 0 Å². The van der Waals surface area contributed by atoms with E-state index in [1.54, 1.807) is 7.05 Å². The minimum Gasteiger partial charge on any atom is -0.372 e. The fourth-order valence-electron chi connectivity index (χ4n) is 3.76. The number of rotatable bonds is 8. The minimum absolute atomic E-state index is 0. The molecule has 1 saturated heterocycles. The van der Waals surface area contributed by atoms with Crippen LogP contribution in [0.2, 0.25) is 0 Å². The van der Waals surface area contributed by atoms with Crippen molar-refractivity contribution in [3.8, 4) is 0 Å². The molecule has 3 rings (SSSR count). The van der Waals surface area contributed by atoms with Crippen LogP contribution in [0.15, 0.2) is 53.5 Å². The Morgan fingerprint density at radius 2 is 1.78 bits per heavy atom. The van der Waals surface area contributed by atoms with Crippen LogP contribution in [-0.4, -0.2) is 41.6 Å². The number of nitrogens with one attached hydrogen (secondary N) is 3. The van der Waals surface area contributed by atoms with Crippen LogP contribution in [0.4, 0.5) is 5.69 Å². The molecule has 7 nitrogen and oxygen atoms in total. The Morgan fingerprint density at radius 1 is 1.09 bits per heavy atom. The number of guanidine groups is 1. The lowest BCUT2D eigenvalue weighted by molar-refractivity contribution is 0.587. The lowest BCUT2D eigenvalue weighted by Crippen LogP contribution is -2.38. The number of hydrogen-bond donors (Lipinski definition) is 3. The third kappa shape index (κ3) is 7.63. The Kier molecular flexibility index (Phi) is 10.2. The quantitative estimate of drug-likeness (QED) is 0.257. The van der Waals surface area contributed by atoms with E-state index in [4.69, 9.17) is 0 Å². The van der Waals surface area contributed by atoms with Gasteiger partial charge in [0.1, 0.15) is 0 Å². The predicted molar refractivity (Wildman–Crippen MR) is 143 cm³/mol. The van der Waals surface area contributed by atoms with Crippen molar-refractivity contribution in [1.29, 1.82) is 0 Å².